The summed E-state index contributed by atoms with van der Waals surface area (Å²) in [6.45, 7) is 1.21. The molecule has 6 heteroatoms. The van der Waals surface area contributed by atoms with E-state index in [1.165, 1.54) is 6.07 Å². The van der Waals surface area contributed by atoms with E-state index >= 15 is 0 Å². The number of halogens is 2. The topological polar surface area (TPSA) is 58.2 Å². The van der Waals surface area contributed by atoms with Crippen LogP contribution < -0.4 is 10.6 Å². The molecule has 0 atom stereocenters. The molecule has 0 spiro atoms. The van der Waals surface area contributed by atoms with Gasteiger partial charge in [-0.05, 0) is 36.6 Å². The van der Waals surface area contributed by atoms with Crippen LogP contribution in [0.4, 0.5) is 20.2 Å². The van der Waals surface area contributed by atoms with Gasteiger partial charge in [0.15, 0.2) is 5.78 Å². The van der Waals surface area contributed by atoms with Crippen molar-refractivity contribution in [3.63, 3.8) is 0 Å². The van der Waals surface area contributed by atoms with Crippen molar-refractivity contribution in [3.05, 3.63) is 95.6 Å². The number of carbonyl (C=O) groups is 2. The number of rotatable bonds is 9. The van der Waals surface area contributed by atoms with E-state index < -0.39 is 11.3 Å². The van der Waals surface area contributed by atoms with Crippen LogP contribution >= 0.6 is 0 Å². The number of hydrogen-bond acceptors (Lipinski definition) is 3. The minimum atomic E-state index is -2.95. The Bertz CT molecular complexity index is 1140. The lowest BCUT2D eigenvalue weighted by molar-refractivity contribution is -0.126. The van der Waals surface area contributed by atoms with Crippen molar-refractivity contribution in [2.75, 3.05) is 5.32 Å². The van der Waals surface area contributed by atoms with E-state index in [9.17, 15) is 18.4 Å². The maximum Gasteiger partial charge on any atom is 0.272 e. The molecule has 0 radical (unpaired) electrons. The molecule has 3 aromatic rings. The summed E-state index contributed by atoms with van der Waals surface area (Å²) >= 11 is 0. The molecule has 0 aromatic heterocycles. The largest absolute Gasteiger partial charge is 0.355 e. The van der Waals surface area contributed by atoms with Gasteiger partial charge in [-0.2, -0.15) is 0 Å². The molecule has 0 aliphatic heterocycles. The lowest BCUT2D eigenvalue weighted by atomic mass is 9.94. The van der Waals surface area contributed by atoms with Crippen molar-refractivity contribution in [2.24, 2.45) is 5.41 Å². The van der Waals surface area contributed by atoms with Crippen LogP contribution in [0.15, 0.2) is 78.9 Å². The molecule has 4 rings (SSSR count). The summed E-state index contributed by atoms with van der Waals surface area (Å²) in [5.41, 5.74) is 1.86. The summed E-state index contributed by atoms with van der Waals surface area (Å²) in [4.78, 5) is 25.3. The van der Waals surface area contributed by atoms with E-state index in [2.05, 4.69) is 10.6 Å². The molecule has 0 heterocycles. The van der Waals surface area contributed by atoms with Crippen molar-refractivity contribution < 1.29 is 18.4 Å². The van der Waals surface area contributed by atoms with Gasteiger partial charge in [0.05, 0.1) is 5.41 Å². The van der Waals surface area contributed by atoms with Gasteiger partial charge in [-0.25, -0.2) is 8.78 Å². The summed E-state index contributed by atoms with van der Waals surface area (Å²) in [6.07, 6.45) is 1.64. The van der Waals surface area contributed by atoms with Crippen LogP contribution in [0, 0.1) is 5.41 Å². The van der Waals surface area contributed by atoms with Gasteiger partial charge in [0, 0.05) is 42.4 Å². The number of anilines is 2. The highest BCUT2D eigenvalue weighted by Crippen LogP contribution is 2.49. The summed E-state index contributed by atoms with van der Waals surface area (Å²) < 4.78 is 27.7. The predicted molar refractivity (Wildman–Crippen MR) is 131 cm³/mol. The van der Waals surface area contributed by atoms with Crippen molar-refractivity contribution >= 4 is 23.1 Å². The molecule has 178 valence electrons. The maximum absolute atomic E-state index is 13.8. The number of alkyl halides is 2. The number of nitrogens with one attached hydrogen (secondary N) is 2. The molecule has 0 bridgehead atoms. The van der Waals surface area contributed by atoms with Crippen LogP contribution in [-0.2, 0) is 17.3 Å². The highest BCUT2D eigenvalue weighted by atomic mass is 19.3. The first-order chi connectivity index (χ1) is 15.8. The zero-order valence-electron chi connectivity index (χ0n) is 18.4. The first-order valence-electron chi connectivity index (χ1n) is 11.0. The first kappa shape index (κ1) is 25.1. The molecule has 1 amide bonds. The average molecular weight is 465 g/mol. The Hall–Kier alpha value is -3.54. The fourth-order valence-corrected chi connectivity index (χ4v) is 3.87. The van der Waals surface area contributed by atoms with Crippen molar-refractivity contribution in [3.8, 4) is 0 Å². The molecule has 34 heavy (non-hydrogen) atoms. The van der Waals surface area contributed by atoms with Crippen molar-refractivity contribution in [2.45, 2.75) is 46.1 Å². The van der Waals surface area contributed by atoms with Crippen LogP contribution in [0.2, 0.25) is 0 Å². The molecule has 0 saturated heterocycles. The van der Waals surface area contributed by atoms with E-state index in [0.29, 0.717) is 36.3 Å². The third-order valence-corrected chi connectivity index (χ3v) is 6.02. The molecule has 0 unspecified atom stereocenters. The van der Waals surface area contributed by atoms with E-state index in [4.69, 9.17) is 0 Å². The maximum atomic E-state index is 13.8. The standard InChI is InChI=1S/C27H26F2N2O2.CH4/c1-26(28,29)22-9-5-6-10-23(22)31-21-13-11-19(12-14-21)18-30-25(33)27(15-16-27)17-24(32)20-7-3-2-4-8-20;/h2-14,31H,15-18H2,1H3,(H,30,33);1H4. The molecule has 4 nitrogen and oxygen atoms in total. The molecule has 2 N–H and O–H groups in total. The minimum Gasteiger partial charge on any atom is -0.355 e. The van der Waals surface area contributed by atoms with Crippen LogP contribution in [0.25, 0.3) is 0 Å². The SMILES string of the molecule is C.CC(F)(F)c1ccccc1Nc1ccc(CNC(=O)C2(CC(=O)c3ccccc3)CC2)cc1. The molecule has 1 aliphatic carbocycles. The van der Waals surface area contributed by atoms with Gasteiger partial charge >= 0.3 is 0 Å². The van der Waals surface area contributed by atoms with Gasteiger partial charge in [-0.15, -0.1) is 0 Å². The summed E-state index contributed by atoms with van der Waals surface area (Å²) in [5.74, 6) is -3.07. The van der Waals surface area contributed by atoms with Gasteiger partial charge in [0.1, 0.15) is 0 Å². The normalized spacial score (nSPS) is 14.0. The monoisotopic (exact) mass is 464 g/mol. The second kappa shape index (κ2) is 10.2. The molecule has 1 saturated carbocycles. The van der Waals surface area contributed by atoms with E-state index in [-0.39, 0.29) is 31.1 Å². The number of amides is 1. The molecule has 1 aliphatic rings. The second-order valence-electron chi connectivity index (χ2n) is 8.68. The van der Waals surface area contributed by atoms with Crippen LogP contribution in [0.5, 0.6) is 0 Å². The summed E-state index contributed by atoms with van der Waals surface area (Å²) in [5, 5.41) is 5.98. The quantitative estimate of drug-likeness (QED) is 0.341. The highest BCUT2D eigenvalue weighted by molar-refractivity contribution is 6.00. The highest BCUT2D eigenvalue weighted by Gasteiger charge is 2.50. The second-order valence-corrected chi connectivity index (χ2v) is 8.68. The number of para-hydroxylation sites is 1. The predicted octanol–water partition coefficient (Wildman–Crippen LogP) is 6.85. The summed E-state index contributed by atoms with van der Waals surface area (Å²) in [7, 11) is 0. The fourth-order valence-electron chi connectivity index (χ4n) is 3.87. The number of ketones is 1. The lowest BCUT2D eigenvalue weighted by Gasteiger charge is -2.17. The fraction of sp³-hybridized carbons (Fsp3) is 0.286. The Balaban J connectivity index is 0.00000324. The van der Waals surface area contributed by atoms with Crippen LogP contribution in [0.3, 0.4) is 0 Å². The molecular formula is C28H30F2N2O2. The first-order valence-corrected chi connectivity index (χ1v) is 11.0. The molecular weight excluding hydrogens is 434 g/mol. The smallest absolute Gasteiger partial charge is 0.272 e. The average Bonchev–Trinajstić information content (AvgIpc) is 3.59. The zero-order valence-corrected chi connectivity index (χ0v) is 18.4. The molecule has 3 aromatic carbocycles. The van der Waals surface area contributed by atoms with Gasteiger partial charge in [-0.3, -0.25) is 9.59 Å². The van der Waals surface area contributed by atoms with Crippen LogP contribution in [-0.4, -0.2) is 11.7 Å². The van der Waals surface area contributed by atoms with Gasteiger partial charge < -0.3 is 10.6 Å². The summed E-state index contributed by atoms with van der Waals surface area (Å²) in [6, 6.07) is 22.6. The number of hydrogen-bond donors (Lipinski definition) is 2. The van der Waals surface area contributed by atoms with E-state index in [1.807, 2.05) is 30.3 Å². The Morgan fingerprint density at radius 2 is 1.53 bits per heavy atom. The third kappa shape index (κ3) is 5.87. The van der Waals surface area contributed by atoms with Crippen molar-refractivity contribution in [1.82, 2.24) is 5.32 Å². The van der Waals surface area contributed by atoms with E-state index in [0.717, 1.165) is 12.5 Å². The van der Waals surface area contributed by atoms with Gasteiger partial charge in [-0.1, -0.05) is 68.1 Å². The third-order valence-electron chi connectivity index (χ3n) is 6.02. The Kier molecular flexibility index (Phi) is 7.50. The number of carbonyl (C=O) groups excluding carboxylic acids is 2. The Morgan fingerprint density at radius 3 is 2.15 bits per heavy atom. The number of benzene rings is 3. The Morgan fingerprint density at radius 1 is 0.912 bits per heavy atom. The molecule has 1 fully saturated rings. The number of Topliss-reactive ketones (excluding diaryl/α,β-unsaturated/α-hetero) is 1. The zero-order chi connectivity index (χ0) is 23.5. The van der Waals surface area contributed by atoms with E-state index in [1.54, 1.807) is 42.5 Å². The minimum absolute atomic E-state index is 0. The van der Waals surface area contributed by atoms with Gasteiger partial charge in [0.25, 0.3) is 5.92 Å². The van der Waals surface area contributed by atoms with Crippen molar-refractivity contribution in [1.29, 1.82) is 0 Å². The van der Waals surface area contributed by atoms with Gasteiger partial charge in [0.2, 0.25) is 5.91 Å². The van der Waals surface area contributed by atoms with Crippen LogP contribution in [0.1, 0.15) is 55.1 Å². The lowest BCUT2D eigenvalue weighted by Crippen LogP contribution is -2.33. The Labute approximate surface area is 199 Å².